The lowest BCUT2D eigenvalue weighted by atomic mass is 10.1. The van der Waals surface area contributed by atoms with E-state index in [1.807, 2.05) is 40.7 Å². The Morgan fingerprint density at radius 1 is 1.10 bits per heavy atom. The van der Waals surface area contributed by atoms with Gasteiger partial charge in [0.1, 0.15) is 0 Å². The standard InChI is InChI=1S/C16H23NO3/c1-10(2)13(5)17-15(18)9-20-16(19)14-7-11(3)6-12(4)8-14/h6-8,10,13H,9H2,1-5H3,(H,17,18). The van der Waals surface area contributed by atoms with Gasteiger partial charge in [-0.3, -0.25) is 4.79 Å². The number of ether oxygens (including phenoxy) is 1. The van der Waals surface area contributed by atoms with E-state index >= 15 is 0 Å². The fraction of sp³-hybridized carbons (Fsp3) is 0.500. The van der Waals surface area contributed by atoms with Gasteiger partial charge in [-0.25, -0.2) is 4.79 Å². The van der Waals surface area contributed by atoms with Crippen molar-refractivity contribution in [3.8, 4) is 0 Å². The molecule has 4 heteroatoms. The molecule has 0 aliphatic heterocycles. The molecule has 1 amide bonds. The normalized spacial score (nSPS) is 12.1. The highest BCUT2D eigenvalue weighted by Gasteiger charge is 2.14. The van der Waals surface area contributed by atoms with Crippen molar-refractivity contribution in [1.82, 2.24) is 5.32 Å². The molecule has 0 bridgehead atoms. The predicted molar refractivity (Wildman–Crippen MR) is 78.6 cm³/mol. The number of carbonyl (C=O) groups is 2. The minimum Gasteiger partial charge on any atom is -0.452 e. The Morgan fingerprint density at radius 2 is 1.65 bits per heavy atom. The number of carbonyl (C=O) groups excluding carboxylic acids is 2. The molecule has 1 aromatic rings. The van der Waals surface area contributed by atoms with E-state index in [4.69, 9.17) is 4.74 Å². The van der Waals surface area contributed by atoms with Crippen LogP contribution >= 0.6 is 0 Å². The van der Waals surface area contributed by atoms with Gasteiger partial charge in [0.25, 0.3) is 5.91 Å². The van der Waals surface area contributed by atoms with Crippen LogP contribution in [0.5, 0.6) is 0 Å². The highest BCUT2D eigenvalue weighted by molar-refractivity contribution is 5.91. The summed E-state index contributed by atoms with van der Waals surface area (Å²) in [5.41, 5.74) is 2.47. The molecule has 1 aromatic carbocycles. The molecule has 0 aliphatic carbocycles. The van der Waals surface area contributed by atoms with E-state index in [0.29, 0.717) is 11.5 Å². The van der Waals surface area contributed by atoms with Gasteiger partial charge in [-0.15, -0.1) is 0 Å². The monoisotopic (exact) mass is 277 g/mol. The summed E-state index contributed by atoms with van der Waals surface area (Å²) in [7, 11) is 0. The Kier molecular flexibility index (Phi) is 5.74. The lowest BCUT2D eigenvalue weighted by Gasteiger charge is -2.17. The first kappa shape index (κ1) is 16.2. The van der Waals surface area contributed by atoms with Gasteiger partial charge in [0, 0.05) is 6.04 Å². The van der Waals surface area contributed by atoms with Gasteiger partial charge in [-0.05, 0) is 38.8 Å². The van der Waals surface area contributed by atoms with Crippen molar-refractivity contribution in [2.75, 3.05) is 6.61 Å². The summed E-state index contributed by atoms with van der Waals surface area (Å²) < 4.78 is 5.03. The van der Waals surface area contributed by atoms with Gasteiger partial charge >= 0.3 is 5.97 Å². The molecule has 0 spiro atoms. The zero-order valence-electron chi connectivity index (χ0n) is 12.8. The van der Waals surface area contributed by atoms with E-state index in [1.54, 1.807) is 12.1 Å². The molecule has 0 radical (unpaired) electrons. The van der Waals surface area contributed by atoms with Crippen LogP contribution in [0, 0.1) is 19.8 Å². The predicted octanol–water partition coefficient (Wildman–Crippen LogP) is 2.62. The van der Waals surface area contributed by atoms with Crippen LogP contribution in [0.4, 0.5) is 0 Å². The van der Waals surface area contributed by atoms with Crippen LogP contribution < -0.4 is 5.32 Å². The molecular weight excluding hydrogens is 254 g/mol. The highest BCUT2D eigenvalue weighted by atomic mass is 16.5. The summed E-state index contributed by atoms with van der Waals surface area (Å²) in [6.45, 7) is 9.55. The molecule has 0 aliphatic rings. The second-order valence-electron chi connectivity index (χ2n) is 5.55. The van der Waals surface area contributed by atoms with Crippen molar-refractivity contribution in [3.63, 3.8) is 0 Å². The fourth-order valence-corrected chi connectivity index (χ4v) is 1.77. The summed E-state index contributed by atoms with van der Waals surface area (Å²) in [6, 6.07) is 5.55. The number of benzene rings is 1. The molecule has 4 nitrogen and oxygen atoms in total. The highest BCUT2D eigenvalue weighted by Crippen LogP contribution is 2.10. The maximum absolute atomic E-state index is 11.9. The van der Waals surface area contributed by atoms with E-state index in [9.17, 15) is 9.59 Å². The van der Waals surface area contributed by atoms with E-state index in [2.05, 4.69) is 5.32 Å². The molecule has 1 N–H and O–H groups in total. The van der Waals surface area contributed by atoms with Gasteiger partial charge in [-0.2, -0.15) is 0 Å². The average molecular weight is 277 g/mol. The molecule has 0 saturated carbocycles. The van der Waals surface area contributed by atoms with Crippen LogP contribution in [0.3, 0.4) is 0 Å². The molecule has 0 saturated heterocycles. The van der Waals surface area contributed by atoms with Crippen molar-refractivity contribution in [3.05, 3.63) is 34.9 Å². The van der Waals surface area contributed by atoms with Gasteiger partial charge in [0.15, 0.2) is 6.61 Å². The molecule has 1 atom stereocenters. The van der Waals surface area contributed by atoms with Crippen molar-refractivity contribution < 1.29 is 14.3 Å². The zero-order valence-corrected chi connectivity index (χ0v) is 12.8. The first-order valence-electron chi connectivity index (χ1n) is 6.84. The number of esters is 1. The molecule has 0 aromatic heterocycles. The van der Waals surface area contributed by atoms with E-state index in [0.717, 1.165) is 11.1 Å². The van der Waals surface area contributed by atoms with Gasteiger partial charge < -0.3 is 10.1 Å². The second-order valence-corrected chi connectivity index (χ2v) is 5.55. The third-order valence-electron chi connectivity index (χ3n) is 3.18. The van der Waals surface area contributed by atoms with Crippen molar-refractivity contribution >= 4 is 11.9 Å². The van der Waals surface area contributed by atoms with E-state index in [1.165, 1.54) is 0 Å². The number of nitrogens with one attached hydrogen (secondary N) is 1. The summed E-state index contributed by atoms with van der Waals surface area (Å²) in [4.78, 5) is 23.5. The summed E-state index contributed by atoms with van der Waals surface area (Å²) in [5.74, 6) is -0.401. The minimum absolute atomic E-state index is 0.0578. The Bertz CT molecular complexity index is 474. The Labute approximate surface area is 120 Å². The number of hydrogen-bond acceptors (Lipinski definition) is 3. The lowest BCUT2D eigenvalue weighted by Crippen LogP contribution is -2.38. The Balaban J connectivity index is 2.53. The topological polar surface area (TPSA) is 55.4 Å². The number of hydrogen-bond donors (Lipinski definition) is 1. The van der Waals surface area contributed by atoms with Gasteiger partial charge in [0.05, 0.1) is 5.56 Å². The Hall–Kier alpha value is -1.84. The summed E-state index contributed by atoms with van der Waals surface area (Å²) in [5, 5.41) is 2.79. The van der Waals surface area contributed by atoms with E-state index < -0.39 is 5.97 Å². The van der Waals surface area contributed by atoms with Crippen LogP contribution in [-0.4, -0.2) is 24.5 Å². The van der Waals surface area contributed by atoms with Crippen LogP contribution in [-0.2, 0) is 9.53 Å². The fourth-order valence-electron chi connectivity index (χ4n) is 1.77. The average Bonchev–Trinajstić information content (AvgIpc) is 2.34. The number of rotatable bonds is 5. The summed E-state index contributed by atoms with van der Waals surface area (Å²) >= 11 is 0. The van der Waals surface area contributed by atoms with Crippen molar-refractivity contribution in [2.45, 2.75) is 40.7 Å². The first-order chi connectivity index (χ1) is 9.29. The van der Waals surface area contributed by atoms with Crippen LogP contribution in [0.15, 0.2) is 18.2 Å². The van der Waals surface area contributed by atoms with E-state index in [-0.39, 0.29) is 18.6 Å². The minimum atomic E-state index is -0.468. The van der Waals surface area contributed by atoms with Crippen molar-refractivity contribution in [1.29, 1.82) is 0 Å². The lowest BCUT2D eigenvalue weighted by molar-refractivity contribution is -0.125. The van der Waals surface area contributed by atoms with Gasteiger partial charge in [0.2, 0.25) is 0 Å². The smallest absolute Gasteiger partial charge is 0.338 e. The first-order valence-corrected chi connectivity index (χ1v) is 6.84. The largest absolute Gasteiger partial charge is 0.452 e. The van der Waals surface area contributed by atoms with Crippen LogP contribution in [0.25, 0.3) is 0 Å². The van der Waals surface area contributed by atoms with Crippen molar-refractivity contribution in [2.24, 2.45) is 5.92 Å². The maximum atomic E-state index is 11.9. The molecule has 110 valence electrons. The maximum Gasteiger partial charge on any atom is 0.338 e. The third-order valence-corrected chi connectivity index (χ3v) is 3.18. The molecule has 20 heavy (non-hydrogen) atoms. The van der Waals surface area contributed by atoms with Crippen LogP contribution in [0.1, 0.15) is 42.3 Å². The second kappa shape index (κ2) is 7.08. The van der Waals surface area contributed by atoms with Crippen LogP contribution in [0.2, 0.25) is 0 Å². The molecule has 1 unspecified atom stereocenters. The quantitative estimate of drug-likeness (QED) is 0.842. The molecule has 1 rings (SSSR count). The van der Waals surface area contributed by atoms with Gasteiger partial charge in [-0.1, -0.05) is 31.0 Å². The number of aryl methyl sites for hydroxylation is 2. The Morgan fingerprint density at radius 3 is 2.15 bits per heavy atom. The SMILES string of the molecule is Cc1cc(C)cc(C(=O)OCC(=O)NC(C)C(C)C)c1. The molecule has 0 heterocycles. The molecule has 0 fully saturated rings. The third kappa shape index (κ3) is 5.03. The summed E-state index contributed by atoms with van der Waals surface area (Å²) in [6.07, 6.45) is 0. The molecular formula is C16H23NO3. The zero-order chi connectivity index (χ0) is 15.3. The number of amides is 1.